The summed E-state index contributed by atoms with van der Waals surface area (Å²) in [5, 5.41) is 3.08. The second-order valence-electron chi connectivity index (χ2n) is 6.06. The van der Waals surface area contributed by atoms with Crippen LogP contribution < -0.4 is 11.1 Å². The number of hydrogen-bond acceptors (Lipinski definition) is 2. The smallest absolute Gasteiger partial charge is 0.251 e. The van der Waals surface area contributed by atoms with Crippen molar-refractivity contribution in [2.75, 3.05) is 13.1 Å². The average Bonchev–Trinajstić information content (AvgIpc) is 3.02. The van der Waals surface area contributed by atoms with Crippen molar-refractivity contribution < 1.29 is 4.79 Å². The highest BCUT2D eigenvalue weighted by atomic mass is 16.1. The summed E-state index contributed by atoms with van der Waals surface area (Å²) in [6.07, 6.45) is 6.94. The van der Waals surface area contributed by atoms with Crippen LogP contribution in [-0.4, -0.2) is 19.0 Å². The van der Waals surface area contributed by atoms with Crippen LogP contribution in [-0.2, 0) is 12.8 Å². The second-order valence-corrected chi connectivity index (χ2v) is 6.06. The van der Waals surface area contributed by atoms with Crippen molar-refractivity contribution in [3.05, 3.63) is 34.9 Å². The van der Waals surface area contributed by atoms with Crippen molar-refractivity contribution in [1.29, 1.82) is 0 Å². The highest BCUT2D eigenvalue weighted by Gasteiger charge is 2.41. The number of benzene rings is 1. The van der Waals surface area contributed by atoms with Gasteiger partial charge in [0.05, 0.1) is 0 Å². The lowest BCUT2D eigenvalue weighted by Crippen LogP contribution is -2.31. The van der Waals surface area contributed by atoms with E-state index in [1.54, 1.807) is 0 Å². The zero-order valence-corrected chi connectivity index (χ0v) is 11.4. The molecule has 0 aliphatic heterocycles. The molecule has 3 rings (SSSR count). The van der Waals surface area contributed by atoms with E-state index < -0.39 is 0 Å². The third-order valence-corrected chi connectivity index (χ3v) is 4.62. The first-order valence-electron chi connectivity index (χ1n) is 7.33. The zero-order chi connectivity index (χ0) is 13.3. The maximum atomic E-state index is 12.2. The molecule has 1 aromatic carbocycles. The molecule has 0 atom stereocenters. The van der Waals surface area contributed by atoms with Gasteiger partial charge in [-0.05, 0) is 73.7 Å². The average molecular weight is 258 g/mol. The van der Waals surface area contributed by atoms with Crippen LogP contribution >= 0.6 is 0 Å². The van der Waals surface area contributed by atoms with Crippen LogP contribution in [0.25, 0.3) is 0 Å². The van der Waals surface area contributed by atoms with Gasteiger partial charge in [0.25, 0.3) is 5.91 Å². The van der Waals surface area contributed by atoms with Crippen LogP contribution in [0.2, 0.25) is 0 Å². The molecular weight excluding hydrogens is 236 g/mol. The summed E-state index contributed by atoms with van der Waals surface area (Å²) < 4.78 is 0. The molecule has 3 N–H and O–H groups in total. The Labute approximate surface area is 114 Å². The number of fused-ring (bicyclic) bond motifs is 1. The van der Waals surface area contributed by atoms with Gasteiger partial charge in [-0.3, -0.25) is 4.79 Å². The Morgan fingerprint density at radius 3 is 2.79 bits per heavy atom. The topological polar surface area (TPSA) is 55.1 Å². The Morgan fingerprint density at radius 1 is 1.26 bits per heavy atom. The van der Waals surface area contributed by atoms with Gasteiger partial charge in [0.2, 0.25) is 0 Å². The van der Waals surface area contributed by atoms with Crippen molar-refractivity contribution in [1.82, 2.24) is 5.32 Å². The summed E-state index contributed by atoms with van der Waals surface area (Å²) in [4.78, 5) is 12.2. The molecule has 2 aliphatic rings. The molecule has 1 amide bonds. The first kappa shape index (κ1) is 12.7. The fourth-order valence-electron chi connectivity index (χ4n) is 3.08. The Bertz CT molecular complexity index is 492. The SMILES string of the molecule is NCCC1(CNC(=O)c2ccc3c(c2)CCC3)CC1. The summed E-state index contributed by atoms with van der Waals surface area (Å²) in [6, 6.07) is 6.15. The van der Waals surface area contributed by atoms with E-state index in [-0.39, 0.29) is 5.91 Å². The molecule has 1 aromatic rings. The number of hydrogen-bond donors (Lipinski definition) is 2. The minimum atomic E-state index is 0.0676. The molecule has 2 aliphatic carbocycles. The highest BCUT2D eigenvalue weighted by Crippen LogP contribution is 2.47. The molecule has 0 aromatic heterocycles. The van der Waals surface area contributed by atoms with Gasteiger partial charge in [-0.15, -0.1) is 0 Å². The Hall–Kier alpha value is -1.35. The molecule has 0 saturated heterocycles. The Kier molecular flexibility index (Phi) is 3.31. The first-order valence-corrected chi connectivity index (χ1v) is 7.33. The quantitative estimate of drug-likeness (QED) is 0.849. The van der Waals surface area contributed by atoms with Gasteiger partial charge in [0, 0.05) is 12.1 Å². The summed E-state index contributed by atoms with van der Waals surface area (Å²) in [6.45, 7) is 1.49. The molecule has 19 heavy (non-hydrogen) atoms. The van der Waals surface area contributed by atoms with Gasteiger partial charge < -0.3 is 11.1 Å². The summed E-state index contributed by atoms with van der Waals surface area (Å²) >= 11 is 0. The normalized spacial score (nSPS) is 19.0. The summed E-state index contributed by atoms with van der Waals surface area (Å²) in [5.74, 6) is 0.0676. The number of carbonyl (C=O) groups excluding carboxylic acids is 1. The van der Waals surface area contributed by atoms with Crippen LogP contribution in [0.3, 0.4) is 0 Å². The van der Waals surface area contributed by atoms with Crippen LogP contribution in [0.15, 0.2) is 18.2 Å². The molecule has 0 bridgehead atoms. The van der Waals surface area contributed by atoms with E-state index in [1.807, 2.05) is 6.07 Å². The molecule has 0 heterocycles. The minimum Gasteiger partial charge on any atom is -0.351 e. The summed E-state index contributed by atoms with van der Waals surface area (Å²) in [5.41, 5.74) is 9.51. The van der Waals surface area contributed by atoms with Crippen LogP contribution in [0.1, 0.15) is 47.2 Å². The van der Waals surface area contributed by atoms with Crippen LogP contribution in [0.4, 0.5) is 0 Å². The van der Waals surface area contributed by atoms with E-state index in [4.69, 9.17) is 5.73 Å². The van der Waals surface area contributed by atoms with Crippen molar-refractivity contribution in [2.45, 2.75) is 38.5 Å². The molecule has 0 spiro atoms. The fourth-order valence-corrected chi connectivity index (χ4v) is 3.08. The lowest BCUT2D eigenvalue weighted by atomic mass is 10.0. The van der Waals surface area contributed by atoms with Crippen molar-refractivity contribution in [2.24, 2.45) is 11.1 Å². The van der Waals surface area contributed by atoms with E-state index >= 15 is 0 Å². The number of carbonyl (C=O) groups is 1. The van der Waals surface area contributed by atoms with Gasteiger partial charge in [0.15, 0.2) is 0 Å². The molecule has 0 radical (unpaired) electrons. The number of aryl methyl sites for hydroxylation is 2. The largest absolute Gasteiger partial charge is 0.351 e. The highest BCUT2D eigenvalue weighted by molar-refractivity contribution is 5.94. The fraction of sp³-hybridized carbons (Fsp3) is 0.562. The van der Waals surface area contributed by atoms with Crippen molar-refractivity contribution in [3.8, 4) is 0 Å². The van der Waals surface area contributed by atoms with E-state index in [1.165, 1.54) is 30.4 Å². The number of nitrogens with two attached hydrogens (primary N) is 1. The van der Waals surface area contributed by atoms with Gasteiger partial charge in [-0.1, -0.05) is 6.07 Å². The molecule has 0 unspecified atom stereocenters. The van der Waals surface area contributed by atoms with Crippen molar-refractivity contribution >= 4 is 5.91 Å². The van der Waals surface area contributed by atoms with Crippen LogP contribution in [0, 0.1) is 5.41 Å². The zero-order valence-electron chi connectivity index (χ0n) is 11.4. The molecule has 3 nitrogen and oxygen atoms in total. The lowest BCUT2D eigenvalue weighted by Gasteiger charge is -2.15. The Morgan fingerprint density at radius 2 is 2.05 bits per heavy atom. The van der Waals surface area contributed by atoms with Crippen molar-refractivity contribution in [3.63, 3.8) is 0 Å². The number of rotatable bonds is 5. The maximum absolute atomic E-state index is 12.2. The summed E-state index contributed by atoms with van der Waals surface area (Å²) in [7, 11) is 0. The molecule has 1 fully saturated rings. The molecule has 102 valence electrons. The van der Waals surface area contributed by atoms with Gasteiger partial charge in [-0.2, -0.15) is 0 Å². The molecular formula is C16H22N2O. The van der Waals surface area contributed by atoms with Gasteiger partial charge in [-0.25, -0.2) is 0 Å². The van der Waals surface area contributed by atoms with E-state index in [0.717, 1.165) is 31.4 Å². The third-order valence-electron chi connectivity index (χ3n) is 4.62. The maximum Gasteiger partial charge on any atom is 0.251 e. The predicted octanol–water partition coefficient (Wildman–Crippen LogP) is 2.03. The lowest BCUT2D eigenvalue weighted by molar-refractivity contribution is 0.0944. The number of nitrogens with one attached hydrogen (secondary N) is 1. The van der Waals surface area contributed by atoms with E-state index in [9.17, 15) is 4.79 Å². The first-order chi connectivity index (χ1) is 9.22. The standard InChI is InChI=1S/C16H22N2O/c17-9-8-16(6-7-16)11-18-15(19)14-5-4-12-2-1-3-13(12)10-14/h4-5,10H,1-3,6-9,11,17H2,(H,18,19). The minimum absolute atomic E-state index is 0.0676. The second kappa shape index (κ2) is 4.97. The van der Waals surface area contributed by atoms with Crippen LogP contribution in [0.5, 0.6) is 0 Å². The Balaban J connectivity index is 1.61. The third kappa shape index (κ3) is 2.66. The van der Waals surface area contributed by atoms with Gasteiger partial charge in [0.1, 0.15) is 0 Å². The molecule has 3 heteroatoms. The monoisotopic (exact) mass is 258 g/mol. The van der Waals surface area contributed by atoms with Gasteiger partial charge >= 0.3 is 0 Å². The van der Waals surface area contributed by atoms with E-state index in [0.29, 0.717) is 12.0 Å². The van der Waals surface area contributed by atoms with E-state index in [2.05, 4.69) is 17.4 Å². The molecule has 1 saturated carbocycles. The number of amides is 1. The predicted molar refractivity (Wildman–Crippen MR) is 76.1 cm³/mol.